The second-order valence-electron chi connectivity index (χ2n) is 8.07. The van der Waals surface area contributed by atoms with E-state index in [0.717, 1.165) is 57.7 Å². The Labute approximate surface area is 150 Å². The van der Waals surface area contributed by atoms with E-state index in [-0.39, 0.29) is 11.8 Å². The lowest BCUT2D eigenvalue weighted by Gasteiger charge is -2.27. The molecule has 4 rings (SSSR count). The van der Waals surface area contributed by atoms with E-state index >= 15 is 0 Å². The van der Waals surface area contributed by atoms with E-state index in [9.17, 15) is 4.79 Å². The third kappa shape index (κ3) is 3.60. The first kappa shape index (κ1) is 17.0. The zero-order valence-electron chi connectivity index (χ0n) is 15.4. The molecule has 6 nitrogen and oxygen atoms in total. The van der Waals surface area contributed by atoms with E-state index in [2.05, 4.69) is 38.3 Å². The monoisotopic (exact) mass is 345 g/mol. The summed E-state index contributed by atoms with van der Waals surface area (Å²) in [7, 11) is 0. The number of unbranched alkanes of at least 4 members (excludes halogenated alkanes) is 1. The summed E-state index contributed by atoms with van der Waals surface area (Å²) < 4.78 is 2.12. The van der Waals surface area contributed by atoms with Crippen LogP contribution in [0.2, 0.25) is 0 Å². The van der Waals surface area contributed by atoms with Crippen LogP contribution in [0.5, 0.6) is 0 Å². The van der Waals surface area contributed by atoms with Crippen molar-refractivity contribution >= 4 is 5.91 Å². The van der Waals surface area contributed by atoms with Gasteiger partial charge in [0.2, 0.25) is 5.91 Å². The SMILES string of the molecule is CCCCN1CCn2nc(CNC(=O)[C@@H]3CC34CCNCC4)cc2C1. The number of carbonyl (C=O) groups is 1. The van der Waals surface area contributed by atoms with Crippen molar-refractivity contribution in [3.8, 4) is 0 Å². The Morgan fingerprint density at radius 1 is 1.40 bits per heavy atom. The van der Waals surface area contributed by atoms with Crippen LogP contribution in [0.25, 0.3) is 0 Å². The molecule has 2 aliphatic heterocycles. The van der Waals surface area contributed by atoms with Crippen LogP contribution in [0.1, 0.15) is 50.4 Å². The van der Waals surface area contributed by atoms with Gasteiger partial charge in [-0.05, 0) is 56.8 Å². The topological polar surface area (TPSA) is 62.2 Å². The normalized spacial score (nSPS) is 24.9. The van der Waals surface area contributed by atoms with Gasteiger partial charge >= 0.3 is 0 Å². The molecule has 0 unspecified atom stereocenters. The van der Waals surface area contributed by atoms with Gasteiger partial charge in [0.15, 0.2) is 0 Å². The smallest absolute Gasteiger partial charge is 0.224 e. The molecule has 2 fully saturated rings. The highest BCUT2D eigenvalue weighted by Gasteiger charge is 2.57. The minimum absolute atomic E-state index is 0.233. The second kappa shape index (κ2) is 7.08. The fourth-order valence-corrected chi connectivity index (χ4v) is 4.54. The number of hydrogen-bond acceptors (Lipinski definition) is 4. The van der Waals surface area contributed by atoms with Gasteiger partial charge in [-0.3, -0.25) is 14.4 Å². The highest BCUT2D eigenvalue weighted by atomic mass is 16.2. The summed E-state index contributed by atoms with van der Waals surface area (Å²) in [6.45, 7) is 9.14. The van der Waals surface area contributed by atoms with Crippen LogP contribution in [0.4, 0.5) is 0 Å². The number of nitrogens with one attached hydrogen (secondary N) is 2. The van der Waals surface area contributed by atoms with E-state index in [1.165, 1.54) is 25.1 Å². The van der Waals surface area contributed by atoms with Gasteiger partial charge in [-0.15, -0.1) is 0 Å². The molecule has 25 heavy (non-hydrogen) atoms. The van der Waals surface area contributed by atoms with Crippen LogP contribution in [0.15, 0.2) is 6.07 Å². The van der Waals surface area contributed by atoms with Crippen molar-refractivity contribution in [3.63, 3.8) is 0 Å². The molecule has 138 valence electrons. The number of piperidine rings is 1. The summed E-state index contributed by atoms with van der Waals surface area (Å²) in [6, 6.07) is 2.17. The molecule has 0 aromatic carbocycles. The summed E-state index contributed by atoms with van der Waals surface area (Å²) in [6.07, 6.45) is 5.88. The first-order chi connectivity index (χ1) is 12.2. The molecule has 1 aromatic heterocycles. The first-order valence-corrected chi connectivity index (χ1v) is 9.96. The fraction of sp³-hybridized carbons (Fsp3) is 0.789. The first-order valence-electron chi connectivity index (χ1n) is 9.96. The number of amides is 1. The minimum atomic E-state index is 0.233. The van der Waals surface area contributed by atoms with Gasteiger partial charge in [0.1, 0.15) is 0 Å². The standard InChI is InChI=1S/C19H31N5O/c1-2-3-8-23-9-10-24-16(14-23)11-15(22-24)13-21-18(25)17-12-19(17)4-6-20-7-5-19/h11,17,20H,2-10,12-14H2,1H3,(H,21,25)/t17-/m0/s1. The number of aromatic nitrogens is 2. The quantitative estimate of drug-likeness (QED) is 0.820. The third-order valence-corrected chi connectivity index (χ3v) is 6.30. The van der Waals surface area contributed by atoms with Gasteiger partial charge in [0, 0.05) is 19.0 Å². The van der Waals surface area contributed by atoms with Gasteiger partial charge in [-0.2, -0.15) is 5.10 Å². The largest absolute Gasteiger partial charge is 0.350 e. The molecule has 1 aliphatic carbocycles. The molecule has 0 radical (unpaired) electrons. The van der Waals surface area contributed by atoms with Gasteiger partial charge < -0.3 is 10.6 Å². The Bertz CT molecular complexity index is 619. The van der Waals surface area contributed by atoms with Crippen LogP contribution < -0.4 is 10.6 Å². The maximum absolute atomic E-state index is 12.5. The average molecular weight is 345 g/mol. The average Bonchev–Trinajstić information content (AvgIpc) is 3.15. The van der Waals surface area contributed by atoms with Crippen LogP contribution in [-0.2, 0) is 24.4 Å². The molecule has 1 aromatic rings. The van der Waals surface area contributed by atoms with Crippen LogP contribution in [0, 0.1) is 11.3 Å². The molecular weight excluding hydrogens is 314 g/mol. The predicted octanol–water partition coefficient (Wildman–Crippen LogP) is 1.50. The Balaban J connectivity index is 1.28. The zero-order chi connectivity index (χ0) is 17.3. The fourth-order valence-electron chi connectivity index (χ4n) is 4.54. The second-order valence-corrected chi connectivity index (χ2v) is 8.07. The van der Waals surface area contributed by atoms with Crippen molar-refractivity contribution in [2.45, 2.75) is 58.7 Å². The summed E-state index contributed by atoms with van der Waals surface area (Å²) in [5.41, 5.74) is 2.59. The highest BCUT2D eigenvalue weighted by molar-refractivity contribution is 5.82. The van der Waals surface area contributed by atoms with E-state index in [4.69, 9.17) is 0 Å². The minimum Gasteiger partial charge on any atom is -0.350 e. The van der Waals surface area contributed by atoms with E-state index in [1.807, 2.05) is 0 Å². The summed E-state index contributed by atoms with van der Waals surface area (Å²) in [5, 5.41) is 11.2. The van der Waals surface area contributed by atoms with Crippen molar-refractivity contribution in [3.05, 3.63) is 17.5 Å². The van der Waals surface area contributed by atoms with Crippen molar-refractivity contribution in [2.24, 2.45) is 11.3 Å². The maximum atomic E-state index is 12.5. The van der Waals surface area contributed by atoms with Crippen molar-refractivity contribution in [1.82, 2.24) is 25.3 Å². The molecule has 1 saturated heterocycles. The highest BCUT2D eigenvalue weighted by Crippen LogP contribution is 2.58. The molecule has 3 heterocycles. The Hall–Kier alpha value is -1.40. The van der Waals surface area contributed by atoms with E-state index in [1.54, 1.807) is 0 Å². The number of carbonyl (C=O) groups excluding carboxylic acids is 1. The number of nitrogens with zero attached hydrogens (tertiary/aromatic N) is 3. The molecule has 0 bridgehead atoms. The zero-order valence-corrected chi connectivity index (χ0v) is 15.4. The Morgan fingerprint density at radius 3 is 3.04 bits per heavy atom. The molecule has 1 atom stereocenters. The summed E-state index contributed by atoms with van der Waals surface area (Å²) in [4.78, 5) is 15.0. The van der Waals surface area contributed by atoms with Gasteiger partial charge in [0.25, 0.3) is 0 Å². The molecular formula is C19H31N5O. The third-order valence-electron chi connectivity index (χ3n) is 6.30. The maximum Gasteiger partial charge on any atom is 0.224 e. The Morgan fingerprint density at radius 2 is 2.24 bits per heavy atom. The number of fused-ring (bicyclic) bond motifs is 1. The predicted molar refractivity (Wildman–Crippen MR) is 96.9 cm³/mol. The molecule has 3 aliphatic rings. The van der Waals surface area contributed by atoms with Crippen LogP contribution >= 0.6 is 0 Å². The lowest BCUT2D eigenvalue weighted by molar-refractivity contribution is -0.123. The van der Waals surface area contributed by atoms with Gasteiger partial charge in [-0.25, -0.2) is 0 Å². The molecule has 2 N–H and O–H groups in total. The van der Waals surface area contributed by atoms with Crippen molar-refractivity contribution in [1.29, 1.82) is 0 Å². The van der Waals surface area contributed by atoms with Gasteiger partial charge in [0.05, 0.1) is 24.5 Å². The lowest BCUT2D eigenvalue weighted by atomic mass is 9.92. The molecule has 6 heteroatoms. The Kier molecular flexibility index (Phi) is 4.82. The number of rotatable bonds is 6. The van der Waals surface area contributed by atoms with Crippen LogP contribution in [-0.4, -0.2) is 46.8 Å². The van der Waals surface area contributed by atoms with Crippen LogP contribution in [0.3, 0.4) is 0 Å². The van der Waals surface area contributed by atoms with Crippen molar-refractivity contribution in [2.75, 3.05) is 26.2 Å². The molecule has 1 saturated carbocycles. The lowest BCUT2D eigenvalue weighted by Crippen LogP contribution is -2.34. The molecule has 1 amide bonds. The van der Waals surface area contributed by atoms with E-state index < -0.39 is 0 Å². The summed E-state index contributed by atoms with van der Waals surface area (Å²) in [5.74, 6) is 0.466. The summed E-state index contributed by atoms with van der Waals surface area (Å²) >= 11 is 0. The van der Waals surface area contributed by atoms with Gasteiger partial charge in [-0.1, -0.05) is 13.3 Å². The van der Waals surface area contributed by atoms with E-state index in [0.29, 0.717) is 12.0 Å². The van der Waals surface area contributed by atoms with Crippen molar-refractivity contribution < 1.29 is 4.79 Å². The number of hydrogen-bond donors (Lipinski definition) is 2. The molecule has 1 spiro atoms.